The van der Waals surface area contributed by atoms with Crippen LogP contribution >= 0.6 is 24.0 Å². The highest BCUT2D eigenvalue weighted by molar-refractivity contribution is 8.22. The molecule has 7 heteroatoms. The van der Waals surface area contributed by atoms with Gasteiger partial charge in [-0.15, -0.1) is 0 Å². The third-order valence-corrected chi connectivity index (χ3v) is 5.33. The van der Waals surface area contributed by atoms with Crippen LogP contribution in [0.15, 0.2) is 24.3 Å². The standard InChI is InChI=1S/C17H25FN2O2S2/c1-3-21-16(22-4-2)13-24-17(23)20-11-9-19(10-12-20)15-7-5-14(18)6-8-15/h5-8,16H,3-4,9-13H2,1-2H3. The molecule has 1 aromatic rings. The first-order chi connectivity index (χ1) is 11.6. The molecule has 0 atom stereocenters. The summed E-state index contributed by atoms with van der Waals surface area (Å²) in [7, 11) is 0. The first kappa shape index (κ1) is 19.4. The Hall–Kier alpha value is -0.890. The molecule has 0 aliphatic carbocycles. The first-order valence-corrected chi connectivity index (χ1v) is 9.68. The maximum absolute atomic E-state index is 13.0. The van der Waals surface area contributed by atoms with Crippen molar-refractivity contribution in [2.45, 2.75) is 20.1 Å². The van der Waals surface area contributed by atoms with Crippen molar-refractivity contribution in [3.05, 3.63) is 30.1 Å². The Labute approximate surface area is 153 Å². The molecule has 0 aromatic heterocycles. The van der Waals surface area contributed by atoms with E-state index in [4.69, 9.17) is 21.7 Å². The van der Waals surface area contributed by atoms with E-state index in [2.05, 4.69) is 9.80 Å². The molecular weight excluding hydrogens is 347 g/mol. The lowest BCUT2D eigenvalue weighted by atomic mass is 10.2. The molecule has 1 saturated heterocycles. The van der Waals surface area contributed by atoms with Crippen LogP contribution in [0.25, 0.3) is 0 Å². The highest BCUT2D eigenvalue weighted by Gasteiger charge is 2.20. The van der Waals surface area contributed by atoms with E-state index in [1.54, 1.807) is 11.8 Å². The second-order valence-electron chi connectivity index (χ2n) is 5.37. The number of anilines is 1. The van der Waals surface area contributed by atoms with E-state index in [9.17, 15) is 4.39 Å². The number of halogens is 1. The van der Waals surface area contributed by atoms with Crippen LogP contribution < -0.4 is 4.90 Å². The molecule has 2 rings (SSSR count). The fourth-order valence-electron chi connectivity index (χ4n) is 2.55. The Morgan fingerprint density at radius 1 is 1.12 bits per heavy atom. The molecule has 0 radical (unpaired) electrons. The summed E-state index contributed by atoms with van der Waals surface area (Å²) in [5.74, 6) is 0.506. The van der Waals surface area contributed by atoms with Crippen LogP contribution in [-0.2, 0) is 9.47 Å². The van der Waals surface area contributed by atoms with Crippen LogP contribution in [-0.4, -0.2) is 60.7 Å². The molecule has 1 aliphatic heterocycles. The zero-order valence-corrected chi connectivity index (χ0v) is 15.9. The molecular formula is C17H25FN2O2S2. The second kappa shape index (κ2) is 10.2. The topological polar surface area (TPSA) is 24.9 Å². The van der Waals surface area contributed by atoms with E-state index in [0.29, 0.717) is 19.0 Å². The van der Waals surface area contributed by atoms with Gasteiger partial charge in [-0.1, -0.05) is 24.0 Å². The molecule has 0 saturated carbocycles. The van der Waals surface area contributed by atoms with E-state index < -0.39 is 0 Å². The number of piperazine rings is 1. The molecule has 0 bridgehead atoms. The van der Waals surface area contributed by atoms with Gasteiger partial charge in [0.15, 0.2) is 6.29 Å². The van der Waals surface area contributed by atoms with Crippen LogP contribution in [0, 0.1) is 5.82 Å². The van der Waals surface area contributed by atoms with Crippen molar-refractivity contribution in [1.82, 2.24) is 4.90 Å². The number of rotatable bonds is 7. The van der Waals surface area contributed by atoms with Gasteiger partial charge in [0.2, 0.25) is 0 Å². The lowest BCUT2D eigenvalue weighted by Gasteiger charge is -2.37. The highest BCUT2D eigenvalue weighted by atomic mass is 32.2. The average molecular weight is 373 g/mol. The number of thioether (sulfide) groups is 1. The summed E-state index contributed by atoms with van der Waals surface area (Å²) in [6.07, 6.45) is -0.205. The maximum Gasteiger partial charge on any atom is 0.166 e. The van der Waals surface area contributed by atoms with Crippen LogP contribution in [0.4, 0.5) is 10.1 Å². The van der Waals surface area contributed by atoms with Gasteiger partial charge in [-0.05, 0) is 38.1 Å². The number of nitrogens with zero attached hydrogens (tertiary/aromatic N) is 2. The second-order valence-corrected chi connectivity index (χ2v) is 7.02. The summed E-state index contributed by atoms with van der Waals surface area (Å²) in [6, 6.07) is 6.66. The van der Waals surface area contributed by atoms with Gasteiger partial charge in [0.05, 0.1) is 5.75 Å². The highest BCUT2D eigenvalue weighted by Crippen LogP contribution is 2.20. The Balaban J connectivity index is 1.76. The lowest BCUT2D eigenvalue weighted by molar-refractivity contribution is -0.119. The Morgan fingerprint density at radius 2 is 1.71 bits per heavy atom. The van der Waals surface area contributed by atoms with Crippen molar-refractivity contribution in [1.29, 1.82) is 0 Å². The fourth-order valence-corrected chi connectivity index (χ4v) is 3.77. The third kappa shape index (κ3) is 5.88. The number of hydrogen-bond donors (Lipinski definition) is 0. The minimum absolute atomic E-state index is 0.201. The van der Waals surface area contributed by atoms with Crippen molar-refractivity contribution in [3.8, 4) is 0 Å². The van der Waals surface area contributed by atoms with Gasteiger partial charge >= 0.3 is 0 Å². The molecule has 0 N–H and O–H groups in total. The molecule has 1 heterocycles. The smallest absolute Gasteiger partial charge is 0.166 e. The maximum atomic E-state index is 13.0. The van der Waals surface area contributed by atoms with Gasteiger partial charge in [-0.25, -0.2) is 4.39 Å². The van der Waals surface area contributed by atoms with E-state index in [1.807, 2.05) is 26.0 Å². The first-order valence-electron chi connectivity index (χ1n) is 8.29. The zero-order chi connectivity index (χ0) is 17.4. The van der Waals surface area contributed by atoms with E-state index in [0.717, 1.165) is 36.2 Å². The molecule has 1 aromatic carbocycles. The van der Waals surface area contributed by atoms with E-state index in [-0.39, 0.29) is 12.1 Å². The lowest BCUT2D eigenvalue weighted by Crippen LogP contribution is -2.47. The van der Waals surface area contributed by atoms with Gasteiger partial charge in [0.1, 0.15) is 10.1 Å². The van der Waals surface area contributed by atoms with E-state index in [1.165, 1.54) is 12.1 Å². The average Bonchev–Trinajstić information content (AvgIpc) is 2.60. The van der Waals surface area contributed by atoms with Crippen LogP contribution in [0.2, 0.25) is 0 Å². The summed E-state index contributed by atoms with van der Waals surface area (Å²) in [5, 5.41) is 0. The van der Waals surface area contributed by atoms with Crippen LogP contribution in [0.1, 0.15) is 13.8 Å². The molecule has 0 spiro atoms. The minimum atomic E-state index is -0.205. The van der Waals surface area contributed by atoms with Gasteiger partial charge in [0.25, 0.3) is 0 Å². The van der Waals surface area contributed by atoms with Crippen molar-refractivity contribution in [2.75, 3.05) is 50.0 Å². The van der Waals surface area contributed by atoms with Crippen LogP contribution in [0.5, 0.6) is 0 Å². The molecule has 134 valence electrons. The predicted molar refractivity (Wildman–Crippen MR) is 102 cm³/mol. The van der Waals surface area contributed by atoms with Gasteiger partial charge in [-0.3, -0.25) is 0 Å². The normalized spacial score (nSPS) is 15.2. The van der Waals surface area contributed by atoms with Crippen molar-refractivity contribution < 1.29 is 13.9 Å². The predicted octanol–water partition coefficient (Wildman–Crippen LogP) is 3.36. The Morgan fingerprint density at radius 3 is 2.25 bits per heavy atom. The molecule has 0 unspecified atom stereocenters. The SMILES string of the molecule is CCOC(CSC(=S)N1CCN(c2ccc(F)cc2)CC1)OCC. The summed E-state index contributed by atoms with van der Waals surface area (Å²) in [4.78, 5) is 4.47. The summed E-state index contributed by atoms with van der Waals surface area (Å²) < 4.78 is 25.0. The summed E-state index contributed by atoms with van der Waals surface area (Å²) in [6.45, 7) is 8.70. The molecule has 24 heavy (non-hydrogen) atoms. The Kier molecular flexibility index (Phi) is 8.24. The summed E-state index contributed by atoms with van der Waals surface area (Å²) in [5.41, 5.74) is 1.06. The zero-order valence-electron chi connectivity index (χ0n) is 14.2. The molecule has 1 aliphatic rings. The van der Waals surface area contributed by atoms with Gasteiger partial charge < -0.3 is 19.3 Å². The van der Waals surface area contributed by atoms with Gasteiger partial charge in [0, 0.05) is 45.1 Å². The van der Waals surface area contributed by atoms with Crippen molar-refractivity contribution in [3.63, 3.8) is 0 Å². The number of benzene rings is 1. The number of hydrogen-bond acceptors (Lipinski definition) is 5. The van der Waals surface area contributed by atoms with E-state index >= 15 is 0 Å². The summed E-state index contributed by atoms with van der Waals surface area (Å²) >= 11 is 7.15. The quantitative estimate of drug-likeness (QED) is 0.538. The number of thiocarbonyl (C=S) groups is 1. The molecule has 1 fully saturated rings. The fraction of sp³-hybridized carbons (Fsp3) is 0.588. The largest absolute Gasteiger partial charge is 0.368 e. The third-order valence-electron chi connectivity index (χ3n) is 3.78. The monoisotopic (exact) mass is 372 g/mol. The van der Waals surface area contributed by atoms with Crippen molar-refractivity contribution in [2.24, 2.45) is 0 Å². The Bertz CT molecular complexity index is 502. The molecule has 0 amide bonds. The number of ether oxygens (including phenoxy) is 2. The van der Waals surface area contributed by atoms with Crippen LogP contribution in [0.3, 0.4) is 0 Å². The molecule has 4 nitrogen and oxygen atoms in total. The van der Waals surface area contributed by atoms with Gasteiger partial charge in [-0.2, -0.15) is 0 Å². The minimum Gasteiger partial charge on any atom is -0.368 e. The van der Waals surface area contributed by atoms with Crippen molar-refractivity contribution >= 4 is 34.0 Å².